The van der Waals surface area contributed by atoms with Crippen molar-refractivity contribution >= 4 is 22.8 Å². The summed E-state index contributed by atoms with van der Waals surface area (Å²) < 4.78 is 5.54. The number of para-hydroxylation sites is 1. The molecule has 0 unspecified atom stereocenters. The summed E-state index contributed by atoms with van der Waals surface area (Å²) in [6, 6.07) is 17.5. The highest BCUT2D eigenvalue weighted by molar-refractivity contribution is 6.06. The van der Waals surface area contributed by atoms with Crippen molar-refractivity contribution in [3.8, 4) is 0 Å². The van der Waals surface area contributed by atoms with Crippen LogP contribution in [0.4, 0.5) is 0 Å². The molecule has 2 aromatic carbocycles. The molecule has 5 heteroatoms. The Hall–Kier alpha value is -3.08. The number of hydrogen-bond donors (Lipinski definition) is 0. The highest BCUT2D eigenvalue weighted by atomic mass is 16.3. The minimum Gasteiger partial charge on any atom is -0.463 e. The zero-order chi connectivity index (χ0) is 19.5. The predicted molar refractivity (Wildman–Crippen MR) is 108 cm³/mol. The first-order chi connectivity index (χ1) is 13.7. The van der Waals surface area contributed by atoms with E-state index in [0.717, 1.165) is 17.4 Å². The molecule has 144 valence electrons. The van der Waals surface area contributed by atoms with Gasteiger partial charge in [-0.3, -0.25) is 9.59 Å². The second-order valence-corrected chi connectivity index (χ2v) is 7.22. The normalized spacial score (nSPS) is 17.8. The van der Waals surface area contributed by atoms with Crippen molar-refractivity contribution in [2.45, 2.75) is 32.4 Å². The van der Waals surface area contributed by atoms with Crippen LogP contribution in [0.1, 0.15) is 35.7 Å². The Kier molecular flexibility index (Phi) is 5.15. The fourth-order valence-electron chi connectivity index (χ4n) is 3.87. The van der Waals surface area contributed by atoms with Gasteiger partial charge < -0.3 is 14.2 Å². The average molecular weight is 376 g/mol. The van der Waals surface area contributed by atoms with E-state index in [1.165, 1.54) is 6.26 Å². The van der Waals surface area contributed by atoms with Gasteiger partial charge in [-0.15, -0.1) is 0 Å². The van der Waals surface area contributed by atoms with Crippen molar-refractivity contribution in [3.63, 3.8) is 0 Å². The molecule has 1 aliphatic heterocycles. The number of carbonyl (C=O) groups is 2. The van der Waals surface area contributed by atoms with Crippen LogP contribution in [-0.2, 0) is 11.3 Å². The van der Waals surface area contributed by atoms with Gasteiger partial charge in [0.2, 0.25) is 5.91 Å². The standard InChI is InChI=1S/C23H24N2O3/c1-2-18-15-24(23(27)20-16-28-21-11-7-6-10-19(20)21)13-12-22(26)25(18)14-17-8-4-3-5-9-17/h3-11,16,18H,2,12-15H2,1H3/t18-/m0/s1. The van der Waals surface area contributed by atoms with E-state index < -0.39 is 0 Å². The predicted octanol–water partition coefficient (Wildman–Crippen LogP) is 4.09. The van der Waals surface area contributed by atoms with E-state index in [-0.39, 0.29) is 17.9 Å². The van der Waals surface area contributed by atoms with Gasteiger partial charge in [-0.05, 0) is 18.1 Å². The number of amides is 2. The number of furan rings is 1. The Morgan fingerprint density at radius 2 is 1.86 bits per heavy atom. The number of benzene rings is 2. The Bertz CT molecular complexity index is 980. The maximum absolute atomic E-state index is 13.2. The molecule has 1 atom stereocenters. The molecule has 1 aromatic heterocycles. The van der Waals surface area contributed by atoms with Gasteiger partial charge in [-0.2, -0.15) is 0 Å². The molecule has 0 N–H and O–H groups in total. The van der Waals surface area contributed by atoms with Crippen molar-refractivity contribution in [1.29, 1.82) is 0 Å². The molecule has 1 saturated heterocycles. The first-order valence-electron chi connectivity index (χ1n) is 9.76. The van der Waals surface area contributed by atoms with E-state index in [4.69, 9.17) is 4.42 Å². The largest absolute Gasteiger partial charge is 0.463 e. The van der Waals surface area contributed by atoms with E-state index in [1.54, 1.807) is 4.90 Å². The van der Waals surface area contributed by atoms with Crippen LogP contribution in [0.25, 0.3) is 11.0 Å². The van der Waals surface area contributed by atoms with Crippen LogP contribution >= 0.6 is 0 Å². The third-order valence-electron chi connectivity index (χ3n) is 5.45. The average Bonchev–Trinajstić information content (AvgIpc) is 3.10. The molecular formula is C23H24N2O3. The van der Waals surface area contributed by atoms with Crippen LogP contribution in [-0.4, -0.2) is 40.7 Å². The number of nitrogens with zero attached hydrogens (tertiary/aromatic N) is 2. The molecule has 0 bridgehead atoms. The molecule has 0 radical (unpaired) electrons. The summed E-state index contributed by atoms with van der Waals surface area (Å²) in [5, 5.41) is 0.817. The van der Waals surface area contributed by atoms with Crippen LogP contribution in [0, 0.1) is 0 Å². The first-order valence-corrected chi connectivity index (χ1v) is 9.76. The van der Waals surface area contributed by atoms with Gasteiger partial charge in [0.25, 0.3) is 5.91 Å². The van der Waals surface area contributed by atoms with E-state index in [1.807, 2.05) is 59.5 Å². The molecule has 0 spiro atoms. The number of carbonyl (C=O) groups excluding carboxylic acids is 2. The van der Waals surface area contributed by atoms with Gasteiger partial charge in [0, 0.05) is 37.5 Å². The molecule has 3 aromatic rings. The third kappa shape index (κ3) is 3.52. The maximum Gasteiger partial charge on any atom is 0.257 e. The van der Waals surface area contributed by atoms with Gasteiger partial charge >= 0.3 is 0 Å². The quantitative estimate of drug-likeness (QED) is 0.689. The Morgan fingerprint density at radius 3 is 2.64 bits per heavy atom. The zero-order valence-corrected chi connectivity index (χ0v) is 16.0. The lowest BCUT2D eigenvalue weighted by Crippen LogP contribution is -2.43. The maximum atomic E-state index is 13.2. The zero-order valence-electron chi connectivity index (χ0n) is 16.0. The second-order valence-electron chi connectivity index (χ2n) is 7.22. The Balaban J connectivity index is 1.57. The van der Waals surface area contributed by atoms with Crippen LogP contribution in [0.2, 0.25) is 0 Å². The SMILES string of the molecule is CC[C@H]1CN(C(=O)c2coc3ccccc23)CCC(=O)N1Cc1ccccc1. The first kappa shape index (κ1) is 18.3. The minimum absolute atomic E-state index is 0.00248. The highest BCUT2D eigenvalue weighted by Crippen LogP contribution is 2.24. The van der Waals surface area contributed by atoms with Crippen molar-refractivity contribution in [1.82, 2.24) is 9.80 Å². The summed E-state index contributed by atoms with van der Waals surface area (Å²) in [5.41, 5.74) is 2.37. The van der Waals surface area contributed by atoms with Crippen molar-refractivity contribution in [2.75, 3.05) is 13.1 Å². The monoisotopic (exact) mass is 376 g/mol. The highest BCUT2D eigenvalue weighted by Gasteiger charge is 2.32. The topological polar surface area (TPSA) is 53.8 Å². The molecular weight excluding hydrogens is 352 g/mol. The lowest BCUT2D eigenvalue weighted by molar-refractivity contribution is -0.133. The van der Waals surface area contributed by atoms with Gasteiger partial charge in [-0.25, -0.2) is 0 Å². The van der Waals surface area contributed by atoms with Gasteiger partial charge in [0.1, 0.15) is 11.8 Å². The number of rotatable bonds is 4. The summed E-state index contributed by atoms with van der Waals surface area (Å²) >= 11 is 0. The summed E-state index contributed by atoms with van der Waals surface area (Å²) in [4.78, 5) is 29.7. The van der Waals surface area contributed by atoms with E-state index >= 15 is 0 Å². The molecule has 4 rings (SSSR count). The summed E-state index contributed by atoms with van der Waals surface area (Å²) in [7, 11) is 0. The van der Waals surface area contributed by atoms with E-state index in [0.29, 0.717) is 37.2 Å². The van der Waals surface area contributed by atoms with Crippen LogP contribution in [0.3, 0.4) is 0 Å². The molecule has 0 aliphatic carbocycles. The van der Waals surface area contributed by atoms with Crippen LogP contribution in [0.5, 0.6) is 0 Å². The van der Waals surface area contributed by atoms with Gasteiger partial charge in [0.05, 0.1) is 5.56 Å². The van der Waals surface area contributed by atoms with Gasteiger partial charge in [-0.1, -0.05) is 55.5 Å². The van der Waals surface area contributed by atoms with Crippen molar-refractivity contribution in [3.05, 3.63) is 72.0 Å². The molecule has 1 fully saturated rings. The van der Waals surface area contributed by atoms with Crippen LogP contribution < -0.4 is 0 Å². The Morgan fingerprint density at radius 1 is 1.11 bits per heavy atom. The summed E-state index contributed by atoms with van der Waals surface area (Å²) in [6.07, 6.45) is 2.67. The Labute approximate surface area is 164 Å². The lowest BCUT2D eigenvalue weighted by Gasteiger charge is -2.31. The van der Waals surface area contributed by atoms with Crippen LogP contribution in [0.15, 0.2) is 65.3 Å². The van der Waals surface area contributed by atoms with Crippen molar-refractivity contribution in [2.24, 2.45) is 0 Å². The summed E-state index contributed by atoms with van der Waals surface area (Å²) in [6.45, 7) is 3.61. The fourth-order valence-corrected chi connectivity index (χ4v) is 3.87. The number of hydrogen-bond acceptors (Lipinski definition) is 3. The second kappa shape index (κ2) is 7.89. The molecule has 5 nitrogen and oxygen atoms in total. The molecule has 0 saturated carbocycles. The lowest BCUT2D eigenvalue weighted by atomic mass is 10.1. The van der Waals surface area contributed by atoms with E-state index in [2.05, 4.69) is 6.92 Å². The van der Waals surface area contributed by atoms with Gasteiger partial charge in [0.15, 0.2) is 0 Å². The van der Waals surface area contributed by atoms with E-state index in [9.17, 15) is 9.59 Å². The fraction of sp³-hybridized carbons (Fsp3) is 0.304. The third-order valence-corrected chi connectivity index (χ3v) is 5.45. The molecule has 28 heavy (non-hydrogen) atoms. The minimum atomic E-state index is -0.0715. The summed E-state index contributed by atoms with van der Waals surface area (Å²) in [5.74, 6) is 0.0285. The molecule has 2 amide bonds. The smallest absolute Gasteiger partial charge is 0.257 e. The number of fused-ring (bicyclic) bond motifs is 1. The van der Waals surface area contributed by atoms with Crippen molar-refractivity contribution < 1.29 is 14.0 Å². The molecule has 2 heterocycles. The molecule has 1 aliphatic rings.